The van der Waals surface area contributed by atoms with Crippen LogP contribution < -0.4 is 0 Å². The van der Waals surface area contributed by atoms with Gasteiger partial charge >= 0.3 is 0 Å². The molecule has 0 bridgehead atoms. The molecule has 32 heavy (non-hydrogen) atoms. The number of nitrogens with zero attached hydrogens (tertiary/aromatic N) is 3. The molecule has 0 spiro atoms. The van der Waals surface area contributed by atoms with E-state index in [0.29, 0.717) is 6.42 Å². The number of halogens is 2. The Kier molecular flexibility index (Phi) is 7.68. The van der Waals surface area contributed by atoms with Crippen molar-refractivity contribution < 1.29 is 8.78 Å². The highest BCUT2D eigenvalue weighted by atomic mass is 19.3. The van der Waals surface area contributed by atoms with Gasteiger partial charge in [-0.05, 0) is 81.0 Å². The molecule has 174 valence electrons. The Hall–Kier alpha value is -2.30. The van der Waals surface area contributed by atoms with E-state index in [4.69, 9.17) is 0 Å². The molecule has 2 aromatic rings. The molecule has 1 fully saturated rings. The number of alkyl halides is 2. The lowest BCUT2D eigenvalue weighted by atomic mass is 9.97. The van der Waals surface area contributed by atoms with Gasteiger partial charge in [-0.25, -0.2) is 8.78 Å². The Morgan fingerprint density at radius 1 is 1.09 bits per heavy atom. The predicted molar refractivity (Wildman–Crippen MR) is 127 cm³/mol. The highest BCUT2D eigenvalue weighted by Crippen LogP contribution is 2.33. The zero-order valence-electron chi connectivity index (χ0n) is 20.4. The molecule has 1 unspecified atom stereocenters. The predicted octanol–water partition coefficient (Wildman–Crippen LogP) is 7.12. The zero-order valence-corrected chi connectivity index (χ0v) is 20.4. The molecule has 0 aliphatic heterocycles. The van der Waals surface area contributed by atoms with E-state index in [0.717, 1.165) is 48.3 Å². The van der Waals surface area contributed by atoms with Crippen LogP contribution in [0.3, 0.4) is 0 Å². The fourth-order valence-electron chi connectivity index (χ4n) is 3.96. The average Bonchev–Trinajstić information content (AvgIpc) is 3.57. The third kappa shape index (κ3) is 5.93. The van der Waals surface area contributed by atoms with E-state index in [2.05, 4.69) is 54.0 Å². The Balaban J connectivity index is 1.81. The number of allylic oxidation sites excluding steroid dienone is 1. The molecule has 5 heteroatoms. The van der Waals surface area contributed by atoms with E-state index in [-0.39, 0.29) is 12.5 Å². The van der Waals surface area contributed by atoms with E-state index in [1.807, 2.05) is 19.3 Å². The van der Waals surface area contributed by atoms with Crippen molar-refractivity contribution in [2.45, 2.75) is 92.2 Å². The summed E-state index contributed by atoms with van der Waals surface area (Å²) >= 11 is 0. The van der Waals surface area contributed by atoms with E-state index < -0.39 is 11.8 Å². The molecule has 2 aromatic heterocycles. The van der Waals surface area contributed by atoms with Gasteiger partial charge in [0.15, 0.2) is 0 Å². The van der Waals surface area contributed by atoms with Gasteiger partial charge in [0.25, 0.3) is 5.92 Å². The van der Waals surface area contributed by atoms with Gasteiger partial charge in [-0.3, -0.25) is 9.97 Å². The number of pyridine rings is 2. The average molecular weight is 442 g/mol. The van der Waals surface area contributed by atoms with Crippen molar-refractivity contribution in [3.8, 4) is 0 Å². The van der Waals surface area contributed by atoms with Crippen molar-refractivity contribution in [3.63, 3.8) is 0 Å². The van der Waals surface area contributed by atoms with Crippen LogP contribution in [0.2, 0.25) is 0 Å². The normalized spacial score (nSPS) is 14.6. The van der Waals surface area contributed by atoms with E-state index in [1.54, 1.807) is 13.8 Å². The lowest BCUT2D eigenvalue weighted by Gasteiger charge is -2.30. The smallest absolute Gasteiger partial charge is 0.250 e. The second-order valence-corrected chi connectivity index (χ2v) is 9.49. The summed E-state index contributed by atoms with van der Waals surface area (Å²) in [6, 6.07) is 4.33. The van der Waals surface area contributed by atoms with Crippen LogP contribution in [0.25, 0.3) is 0 Å². The third-order valence-electron chi connectivity index (χ3n) is 6.67. The van der Waals surface area contributed by atoms with Gasteiger partial charge in [0.05, 0.1) is 6.04 Å². The molecule has 1 aliphatic carbocycles. The first kappa shape index (κ1) is 24.3. The van der Waals surface area contributed by atoms with Crippen molar-refractivity contribution in [1.29, 1.82) is 0 Å². The molecule has 3 nitrogen and oxygen atoms in total. The second kappa shape index (κ2) is 10.1. The van der Waals surface area contributed by atoms with Crippen molar-refractivity contribution in [3.05, 3.63) is 69.9 Å². The summed E-state index contributed by atoms with van der Waals surface area (Å²) in [4.78, 5) is 11.6. The maximum atomic E-state index is 14.1. The maximum absolute atomic E-state index is 14.1. The summed E-state index contributed by atoms with van der Waals surface area (Å²) in [5, 5.41) is 0. The van der Waals surface area contributed by atoms with Crippen LogP contribution >= 0.6 is 0 Å². The Morgan fingerprint density at radius 3 is 2.41 bits per heavy atom. The first-order valence-electron chi connectivity index (χ1n) is 11.8. The number of hydrogen-bond acceptors (Lipinski definition) is 3. The minimum Gasteiger partial charge on any atom is -0.366 e. The Morgan fingerprint density at radius 2 is 1.81 bits per heavy atom. The molecule has 0 aromatic carbocycles. The molecule has 1 saturated carbocycles. The molecule has 0 saturated heterocycles. The van der Waals surface area contributed by atoms with Gasteiger partial charge in [-0.15, -0.1) is 0 Å². The molecular formula is C27H37F2N3. The van der Waals surface area contributed by atoms with Gasteiger partial charge in [0.1, 0.15) is 0 Å². The molecule has 0 radical (unpaired) electrons. The molecule has 1 atom stereocenters. The van der Waals surface area contributed by atoms with Crippen molar-refractivity contribution in [2.75, 3.05) is 0 Å². The van der Waals surface area contributed by atoms with Crippen LogP contribution in [-0.4, -0.2) is 20.8 Å². The SMILES string of the molecule is CCc1nccc(C)c1CN(C=C1CC1)C(C)c1cnc(CCC(F)(F)C(C)C)c(C)c1. The highest BCUT2D eigenvalue weighted by molar-refractivity contribution is 5.31. The fourth-order valence-corrected chi connectivity index (χ4v) is 3.96. The number of rotatable bonds is 10. The van der Waals surface area contributed by atoms with Gasteiger partial charge in [-0.2, -0.15) is 0 Å². The zero-order chi connectivity index (χ0) is 23.5. The van der Waals surface area contributed by atoms with Crippen LogP contribution in [0.5, 0.6) is 0 Å². The van der Waals surface area contributed by atoms with E-state index in [9.17, 15) is 8.78 Å². The quantitative estimate of drug-likeness (QED) is 0.393. The first-order chi connectivity index (χ1) is 15.1. The summed E-state index contributed by atoms with van der Waals surface area (Å²) in [5.74, 6) is -3.32. The lowest BCUT2D eigenvalue weighted by Crippen LogP contribution is -2.25. The molecule has 2 heterocycles. The van der Waals surface area contributed by atoms with Crippen molar-refractivity contribution >= 4 is 0 Å². The highest BCUT2D eigenvalue weighted by Gasteiger charge is 2.33. The summed E-state index contributed by atoms with van der Waals surface area (Å²) < 4.78 is 28.1. The van der Waals surface area contributed by atoms with E-state index >= 15 is 0 Å². The summed E-state index contributed by atoms with van der Waals surface area (Å²) in [5.41, 5.74) is 8.03. The maximum Gasteiger partial charge on any atom is 0.250 e. The van der Waals surface area contributed by atoms with E-state index in [1.165, 1.54) is 16.7 Å². The molecule has 1 aliphatic rings. The van der Waals surface area contributed by atoms with Gasteiger partial charge < -0.3 is 4.90 Å². The summed E-state index contributed by atoms with van der Waals surface area (Å²) in [6.07, 6.45) is 9.43. The molecule has 0 N–H and O–H groups in total. The second-order valence-electron chi connectivity index (χ2n) is 9.49. The number of aryl methyl sites for hydroxylation is 4. The van der Waals surface area contributed by atoms with Crippen molar-refractivity contribution in [2.24, 2.45) is 5.92 Å². The monoisotopic (exact) mass is 441 g/mol. The number of hydrogen-bond donors (Lipinski definition) is 0. The van der Waals surface area contributed by atoms with Crippen LogP contribution in [0.4, 0.5) is 8.78 Å². The Bertz CT molecular complexity index is 959. The van der Waals surface area contributed by atoms with Crippen LogP contribution in [-0.2, 0) is 19.4 Å². The largest absolute Gasteiger partial charge is 0.366 e. The molecular weight excluding hydrogens is 404 g/mol. The van der Waals surface area contributed by atoms with Crippen LogP contribution in [0, 0.1) is 19.8 Å². The van der Waals surface area contributed by atoms with Gasteiger partial charge in [0.2, 0.25) is 0 Å². The molecule has 3 rings (SSSR count). The van der Waals surface area contributed by atoms with Crippen LogP contribution in [0.1, 0.15) is 86.6 Å². The van der Waals surface area contributed by atoms with Gasteiger partial charge in [0, 0.05) is 42.7 Å². The summed E-state index contributed by atoms with van der Waals surface area (Å²) in [7, 11) is 0. The minimum atomic E-state index is -2.66. The van der Waals surface area contributed by atoms with Crippen molar-refractivity contribution in [1.82, 2.24) is 14.9 Å². The topological polar surface area (TPSA) is 29.0 Å². The fraction of sp³-hybridized carbons (Fsp3) is 0.556. The Labute approximate surface area is 192 Å². The minimum absolute atomic E-state index is 0.129. The number of aromatic nitrogens is 2. The molecule has 0 amide bonds. The first-order valence-corrected chi connectivity index (χ1v) is 11.8. The lowest BCUT2D eigenvalue weighted by molar-refractivity contribution is -0.0520. The van der Waals surface area contributed by atoms with Crippen LogP contribution in [0.15, 0.2) is 36.3 Å². The summed E-state index contributed by atoms with van der Waals surface area (Å²) in [6.45, 7) is 12.4. The third-order valence-corrected chi connectivity index (χ3v) is 6.67. The standard InChI is InChI=1S/C27H37F2N3/c1-7-25-24(19(4)11-13-30-25)17-32(16-22-8-9-22)21(6)23-14-20(5)26(31-15-23)10-12-27(28,29)18(2)3/h11,13-16,18,21H,7-10,12,17H2,1-6H3. The van der Waals surface area contributed by atoms with Gasteiger partial charge in [-0.1, -0.05) is 32.4 Å².